The number of rotatable bonds is 1. The van der Waals surface area contributed by atoms with Gasteiger partial charge in [0.2, 0.25) is 0 Å². The van der Waals surface area contributed by atoms with E-state index in [2.05, 4.69) is 39.0 Å². The minimum Gasteiger partial charge on any atom is -0.480 e. The summed E-state index contributed by atoms with van der Waals surface area (Å²) in [5.41, 5.74) is 9.02. The molecule has 3 heteroatoms. The van der Waals surface area contributed by atoms with Crippen LogP contribution >= 0.6 is 0 Å². The molecule has 1 rings (SSSR count). The van der Waals surface area contributed by atoms with E-state index >= 15 is 0 Å². The molecular weight excluding hydrogens is 190 g/mol. The van der Waals surface area contributed by atoms with Gasteiger partial charge in [-0.1, -0.05) is 18.2 Å². The fraction of sp³-hybridized carbons (Fsp3) is 0.417. The zero-order valence-corrected chi connectivity index (χ0v) is 9.74. The lowest BCUT2D eigenvalue weighted by molar-refractivity contribution is -0.138. The molecular formula is C12H19NO2. The van der Waals surface area contributed by atoms with E-state index in [0.29, 0.717) is 0 Å². The maximum Gasteiger partial charge on any atom is 0.320 e. The second-order valence-corrected chi connectivity index (χ2v) is 3.64. The summed E-state index contributed by atoms with van der Waals surface area (Å²) in [6.07, 6.45) is 0. The molecule has 1 unspecified atom stereocenters. The van der Waals surface area contributed by atoms with E-state index in [-0.39, 0.29) is 0 Å². The highest BCUT2D eigenvalue weighted by molar-refractivity contribution is 5.72. The molecule has 0 spiro atoms. The summed E-state index contributed by atoms with van der Waals surface area (Å²) in [7, 11) is 0. The Balaban J connectivity index is 0.000000288. The molecule has 0 saturated carbocycles. The normalized spacial score (nSPS) is 11.3. The molecule has 0 aliphatic heterocycles. The van der Waals surface area contributed by atoms with E-state index in [1.165, 1.54) is 23.6 Å². The van der Waals surface area contributed by atoms with Gasteiger partial charge in [0.15, 0.2) is 0 Å². The van der Waals surface area contributed by atoms with Crippen LogP contribution in [0.5, 0.6) is 0 Å². The Hall–Kier alpha value is -1.35. The molecule has 0 aromatic heterocycles. The van der Waals surface area contributed by atoms with Crippen molar-refractivity contribution in [3.63, 3.8) is 0 Å². The predicted molar refractivity (Wildman–Crippen MR) is 61.9 cm³/mol. The van der Waals surface area contributed by atoms with Gasteiger partial charge in [-0.15, -0.1) is 0 Å². The Bertz CT molecular complexity index is 312. The highest BCUT2D eigenvalue weighted by Crippen LogP contribution is 2.09. The summed E-state index contributed by atoms with van der Waals surface area (Å²) in [6, 6.07) is 5.65. The molecule has 0 amide bonds. The van der Waals surface area contributed by atoms with Gasteiger partial charge in [-0.3, -0.25) is 4.79 Å². The van der Waals surface area contributed by atoms with Crippen LogP contribution in [0.3, 0.4) is 0 Å². The van der Waals surface area contributed by atoms with Crippen molar-refractivity contribution in [1.82, 2.24) is 0 Å². The zero-order chi connectivity index (χ0) is 12.0. The first-order valence-electron chi connectivity index (χ1n) is 4.87. The number of carboxylic acid groups (broad SMARTS) is 1. The quantitative estimate of drug-likeness (QED) is 0.743. The smallest absolute Gasteiger partial charge is 0.320 e. The Labute approximate surface area is 90.9 Å². The molecule has 0 saturated heterocycles. The van der Waals surface area contributed by atoms with Gasteiger partial charge in [-0.25, -0.2) is 0 Å². The number of nitrogens with two attached hydrogens (primary N) is 1. The Morgan fingerprint density at radius 2 is 1.60 bits per heavy atom. The van der Waals surface area contributed by atoms with Crippen LogP contribution < -0.4 is 5.73 Å². The molecule has 15 heavy (non-hydrogen) atoms. The van der Waals surface area contributed by atoms with Crippen molar-refractivity contribution in [3.05, 3.63) is 34.9 Å². The predicted octanol–water partition coefficient (Wildman–Crippen LogP) is 2.03. The van der Waals surface area contributed by atoms with Gasteiger partial charge in [0, 0.05) is 0 Å². The number of hydrogen-bond donors (Lipinski definition) is 2. The highest BCUT2D eigenvalue weighted by atomic mass is 16.4. The van der Waals surface area contributed by atoms with E-state index in [1.54, 1.807) is 0 Å². The first kappa shape index (κ1) is 13.7. The van der Waals surface area contributed by atoms with Crippen LogP contribution in [0.4, 0.5) is 0 Å². The minimum atomic E-state index is -0.963. The van der Waals surface area contributed by atoms with Gasteiger partial charge in [-0.2, -0.15) is 0 Å². The molecule has 3 nitrogen and oxygen atoms in total. The number of benzene rings is 1. The number of carbonyl (C=O) groups is 1. The highest BCUT2D eigenvalue weighted by Gasteiger charge is 1.99. The van der Waals surface area contributed by atoms with Crippen molar-refractivity contribution in [2.75, 3.05) is 0 Å². The lowest BCUT2D eigenvalue weighted by Gasteiger charge is -2.00. The van der Waals surface area contributed by atoms with Crippen molar-refractivity contribution in [2.24, 2.45) is 5.73 Å². The van der Waals surface area contributed by atoms with Gasteiger partial charge >= 0.3 is 5.97 Å². The molecule has 1 aromatic carbocycles. The third-order valence-corrected chi connectivity index (χ3v) is 2.26. The number of aryl methyl sites for hydroxylation is 2. The van der Waals surface area contributed by atoms with E-state index in [9.17, 15) is 4.79 Å². The van der Waals surface area contributed by atoms with Crippen LogP contribution in [0.1, 0.15) is 23.6 Å². The van der Waals surface area contributed by atoms with Crippen molar-refractivity contribution >= 4 is 5.97 Å². The van der Waals surface area contributed by atoms with Crippen molar-refractivity contribution in [3.8, 4) is 0 Å². The average Bonchev–Trinajstić information content (AvgIpc) is 2.15. The standard InChI is InChI=1S/C9H12.C3H7NO2/c1-7-5-4-6-8(2)9(7)3;1-2(4)3(5)6/h4-6H,1-3H3;2H,4H2,1H3,(H,5,6). The molecule has 3 N–H and O–H groups in total. The van der Waals surface area contributed by atoms with Gasteiger partial charge in [0.05, 0.1) is 0 Å². The van der Waals surface area contributed by atoms with Crippen LogP contribution in [0.15, 0.2) is 18.2 Å². The molecule has 0 radical (unpaired) electrons. The van der Waals surface area contributed by atoms with Crippen LogP contribution in [0.25, 0.3) is 0 Å². The fourth-order valence-corrected chi connectivity index (χ4v) is 0.898. The molecule has 0 bridgehead atoms. The third-order valence-electron chi connectivity index (χ3n) is 2.26. The molecule has 0 aliphatic carbocycles. The van der Waals surface area contributed by atoms with Crippen molar-refractivity contribution in [1.29, 1.82) is 0 Å². The summed E-state index contributed by atoms with van der Waals surface area (Å²) in [5, 5.41) is 7.87. The monoisotopic (exact) mass is 209 g/mol. The third kappa shape index (κ3) is 5.18. The Kier molecular flexibility index (Phi) is 5.64. The number of hydrogen-bond acceptors (Lipinski definition) is 2. The second-order valence-electron chi connectivity index (χ2n) is 3.64. The molecule has 0 fully saturated rings. The number of aliphatic carboxylic acids is 1. The lowest BCUT2D eigenvalue weighted by atomic mass is 10.1. The molecule has 1 atom stereocenters. The van der Waals surface area contributed by atoms with Crippen LogP contribution in [-0.2, 0) is 4.79 Å². The SMILES string of the molecule is CC(N)C(=O)O.Cc1cccc(C)c1C. The van der Waals surface area contributed by atoms with Crippen LogP contribution in [-0.4, -0.2) is 17.1 Å². The van der Waals surface area contributed by atoms with Crippen LogP contribution in [0, 0.1) is 20.8 Å². The Morgan fingerprint density at radius 1 is 1.27 bits per heavy atom. The molecule has 0 aliphatic rings. The van der Waals surface area contributed by atoms with E-state index < -0.39 is 12.0 Å². The van der Waals surface area contributed by atoms with Gasteiger partial charge in [-0.05, 0) is 44.4 Å². The van der Waals surface area contributed by atoms with Crippen LogP contribution in [0.2, 0.25) is 0 Å². The fourth-order valence-electron chi connectivity index (χ4n) is 0.898. The zero-order valence-electron chi connectivity index (χ0n) is 9.74. The average molecular weight is 209 g/mol. The van der Waals surface area contributed by atoms with E-state index in [4.69, 9.17) is 10.8 Å². The first-order chi connectivity index (χ1) is 6.86. The summed E-state index contributed by atoms with van der Waals surface area (Å²) < 4.78 is 0. The Morgan fingerprint density at radius 3 is 1.80 bits per heavy atom. The molecule has 1 aromatic rings. The van der Waals surface area contributed by atoms with Gasteiger partial charge in [0.1, 0.15) is 6.04 Å². The maximum absolute atomic E-state index is 9.57. The number of carboxylic acids is 1. The van der Waals surface area contributed by atoms with Crippen molar-refractivity contribution < 1.29 is 9.90 Å². The summed E-state index contributed by atoms with van der Waals surface area (Å²) in [6.45, 7) is 7.86. The van der Waals surface area contributed by atoms with Gasteiger partial charge < -0.3 is 10.8 Å². The van der Waals surface area contributed by atoms with Crippen molar-refractivity contribution in [2.45, 2.75) is 33.7 Å². The van der Waals surface area contributed by atoms with E-state index in [0.717, 1.165) is 0 Å². The first-order valence-corrected chi connectivity index (χ1v) is 4.87. The maximum atomic E-state index is 9.57. The second kappa shape index (κ2) is 6.19. The van der Waals surface area contributed by atoms with E-state index in [1.807, 2.05) is 0 Å². The largest absolute Gasteiger partial charge is 0.480 e. The molecule has 0 heterocycles. The molecule has 84 valence electrons. The summed E-state index contributed by atoms with van der Waals surface area (Å²) in [4.78, 5) is 9.57. The topological polar surface area (TPSA) is 63.3 Å². The lowest BCUT2D eigenvalue weighted by Crippen LogP contribution is -2.25. The summed E-state index contributed by atoms with van der Waals surface area (Å²) >= 11 is 0. The summed E-state index contributed by atoms with van der Waals surface area (Å²) in [5.74, 6) is -0.963. The minimum absolute atomic E-state index is 0.731. The van der Waals surface area contributed by atoms with Gasteiger partial charge in [0.25, 0.3) is 0 Å².